The fraction of sp³-hybridized carbons (Fsp3) is 0.471. The molecule has 3 rings (SSSR count). The first-order valence-corrected chi connectivity index (χ1v) is 9.92. The number of piperidine rings is 1. The summed E-state index contributed by atoms with van der Waals surface area (Å²) in [7, 11) is 0. The summed E-state index contributed by atoms with van der Waals surface area (Å²) in [6.45, 7) is 5.96. The molecule has 1 aromatic heterocycles. The Bertz CT molecular complexity index is 668. The third-order valence-electron chi connectivity index (χ3n) is 4.15. The number of carbonyl (C=O) groups excluding carboxylic acids is 1. The van der Waals surface area contributed by atoms with Crippen molar-refractivity contribution in [3.8, 4) is 0 Å². The first-order chi connectivity index (χ1) is 11.6. The number of amides is 1. The van der Waals surface area contributed by atoms with Gasteiger partial charge in [0, 0.05) is 18.8 Å². The van der Waals surface area contributed by atoms with Crippen molar-refractivity contribution < 1.29 is 4.79 Å². The number of anilines is 2. The van der Waals surface area contributed by atoms with E-state index in [1.54, 1.807) is 0 Å². The van der Waals surface area contributed by atoms with E-state index in [0.29, 0.717) is 0 Å². The van der Waals surface area contributed by atoms with Gasteiger partial charge in [-0.1, -0.05) is 48.2 Å². The van der Waals surface area contributed by atoms with Crippen LogP contribution in [0.3, 0.4) is 0 Å². The van der Waals surface area contributed by atoms with Crippen LogP contribution in [-0.4, -0.2) is 39.3 Å². The smallest absolute Gasteiger partial charge is 0.235 e. The zero-order valence-electron chi connectivity index (χ0n) is 13.9. The standard InChI is InChI=1S/C17H22N4OS2/c1-12-8-10-21(11-9-12)15(22)13(2)23-17-20-19-16(24-17)18-14-6-4-3-5-7-14/h3-7,12-13H,8-11H2,1-2H3,(H,18,19). The number of para-hydroxylation sites is 1. The number of hydrogen-bond donors (Lipinski definition) is 1. The lowest BCUT2D eigenvalue weighted by Gasteiger charge is -2.31. The molecule has 7 heteroatoms. The molecule has 0 spiro atoms. The van der Waals surface area contributed by atoms with Gasteiger partial charge < -0.3 is 10.2 Å². The molecule has 0 saturated carbocycles. The zero-order valence-corrected chi connectivity index (χ0v) is 15.6. The van der Waals surface area contributed by atoms with Gasteiger partial charge in [-0.25, -0.2) is 0 Å². The monoisotopic (exact) mass is 362 g/mol. The number of rotatable bonds is 5. The maximum Gasteiger partial charge on any atom is 0.235 e. The molecule has 1 saturated heterocycles. The minimum atomic E-state index is -0.129. The van der Waals surface area contributed by atoms with Crippen molar-refractivity contribution in [3.05, 3.63) is 30.3 Å². The number of likely N-dealkylation sites (tertiary alicyclic amines) is 1. The molecule has 5 nitrogen and oxygen atoms in total. The number of nitrogens with zero attached hydrogens (tertiary/aromatic N) is 3. The van der Waals surface area contributed by atoms with Gasteiger partial charge in [0.1, 0.15) is 0 Å². The Balaban J connectivity index is 1.55. The molecule has 1 aromatic carbocycles. The third kappa shape index (κ3) is 4.48. The molecule has 1 N–H and O–H groups in total. The number of carbonyl (C=O) groups is 1. The number of hydrogen-bond acceptors (Lipinski definition) is 6. The minimum absolute atomic E-state index is 0.129. The summed E-state index contributed by atoms with van der Waals surface area (Å²) in [5.74, 6) is 0.937. The van der Waals surface area contributed by atoms with Crippen molar-refractivity contribution in [2.75, 3.05) is 18.4 Å². The average molecular weight is 363 g/mol. The highest BCUT2D eigenvalue weighted by Gasteiger charge is 2.25. The number of nitrogens with one attached hydrogen (secondary N) is 1. The second-order valence-corrected chi connectivity index (χ2v) is 8.70. The van der Waals surface area contributed by atoms with E-state index in [9.17, 15) is 4.79 Å². The van der Waals surface area contributed by atoms with E-state index in [-0.39, 0.29) is 11.2 Å². The van der Waals surface area contributed by atoms with Gasteiger partial charge in [0.05, 0.1) is 5.25 Å². The fourth-order valence-corrected chi connectivity index (χ4v) is 4.64. The lowest BCUT2D eigenvalue weighted by molar-refractivity contribution is -0.131. The summed E-state index contributed by atoms with van der Waals surface area (Å²) in [6, 6.07) is 9.88. The molecule has 1 aliphatic heterocycles. The Morgan fingerprint density at radius 1 is 1.29 bits per heavy atom. The highest BCUT2D eigenvalue weighted by Crippen LogP contribution is 2.31. The van der Waals surface area contributed by atoms with E-state index in [2.05, 4.69) is 22.4 Å². The van der Waals surface area contributed by atoms with Crippen LogP contribution in [-0.2, 0) is 4.79 Å². The lowest BCUT2D eigenvalue weighted by atomic mass is 9.99. The molecule has 2 heterocycles. The second-order valence-electron chi connectivity index (χ2n) is 6.13. The average Bonchev–Trinajstić information content (AvgIpc) is 3.02. The van der Waals surface area contributed by atoms with Crippen molar-refractivity contribution in [2.45, 2.75) is 36.3 Å². The van der Waals surface area contributed by atoms with Crippen molar-refractivity contribution >= 4 is 39.8 Å². The molecular formula is C17H22N4OS2. The lowest BCUT2D eigenvalue weighted by Crippen LogP contribution is -2.41. The SMILES string of the molecule is CC1CCN(C(=O)C(C)Sc2nnc(Nc3ccccc3)s2)CC1. The van der Waals surface area contributed by atoms with Crippen LogP contribution in [0, 0.1) is 5.92 Å². The fourth-order valence-electron chi connectivity index (χ4n) is 2.64. The van der Waals surface area contributed by atoms with Crippen LogP contribution in [0.2, 0.25) is 0 Å². The van der Waals surface area contributed by atoms with Gasteiger partial charge in [-0.05, 0) is 37.8 Å². The summed E-state index contributed by atoms with van der Waals surface area (Å²) >= 11 is 2.97. The van der Waals surface area contributed by atoms with E-state index in [0.717, 1.165) is 47.0 Å². The van der Waals surface area contributed by atoms with Crippen molar-refractivity contribution in [1.82, 2.24) is 15.1 Å². The molecule has 0 radical (unpaired) electrons. The van der Waals surface area contributed by atoms with Gasteiger partial charge in [-0.3, -0.25) is 4.79 Å². The molecule has 0 aliphatic carbocycles. The van der Waals surface area contributed by atoms with Crippen LogP contribution in [0.1, 0.15) is 26.7 Å². The quantitative estimate of drug-likeness (QED) is 0.814. The van der Waals surface area contributed by atoms with E-state index in [1.165, 1.54) is 23.1 Å². The molecule has 0 bridgehead atoms. The van der Waals surface area contributed by atoms with E-state index in [4.69, 9.17) is 0 Å². The normalized spacial score (nSPS) is 16.8. The van der Waals surface area contributed by atoms with Gasteiger partial charge in [0.2, 0.25) is 11.0 Å². The molecule has 1 fully saturated rings. The van der Waals surface area contributed by atoms with Gasteiger partial charge in [0.15, 0.2) is 4.34 Å². The van der Waals surface area contributed by atoms with Crippen LogP contribution in [0.15, 0.2) is 34.7 Å². The molecule has 1 amide bonds. The number of thioether (sulfide) groups is 1. The second kappa shape index (κ2) is 7.98. The highest BCUT2D eigenvalue weighted by atomic mass is 32.2. The summed E-state index contributed by atoms with van der Waals surface area (Å²) < 4.78 is 0.819. The molecule has 128 valence electrons. The Labute approximate surface area is 150 Å². The first-order valence-electron chi connectivity index (χ1n) is 8.23. The van der Waals surface area contributed by atoms with Crippen LogP contribution >= 0.6 is 23.1 Å². The summed E-state index contributed by atoms with van der Waals surface area (Å²) in [5, 5.41) is 12.2. The number of aromatic nitrogens is 2. The number of benzene rings is 1. The third-order valence-corrected chi connectivity index (χ3v) is 6.16. The maximum absolute atomic E-state index is 12.6. The molecule has 24 heavy (non-hydrogen) atoms. The molecule has 1 atom stereocenters. The Morgan fingerprint density at radius 2 is 2.00 bits per heavy atom. The van der Waals surface area contributed by atoms with E-state index in [1.807, 2.05) is 42.2 Å². The summed E-state index contributed by atoms with van der Waals surface area (Å²) in [5.41, 5.74) is 0.983. The summed E-state index contributed by atoms with van der Waals surface area (Å²) in [4.78, 5) is 14.5. The van der Waals surface area contributed by atoms with Crippen molar-refractivity contribution in [1.29, 1.82) is 0 Å². The zero-order chi connectivity index (χ0) is 16.9. The molecule has 2 aromatic rings. The molecule has 1 aliphatic rings. The van der Waals surface area contributed by atoms with Gasteiger partial charge in [0.25, 0.3) is 0 Å². The first kappa shape index (κ1) is 17.2. The largest absolute Gasteiger partial charge is 0.342 e. The topological polar surface area (TPSA) is 58.1 Å². The van der Waals surface area contributed by atoms with Gasteiger partial charge in [-0.15, -0.1) is 10.2 Å². The van der Waals surface area contributed by atoms with E-state index >= 15 is 0 Å². The minimum Gasteiger partial charge on any atom is -0.342 e. The Kier molecular flexibility index (Phi) is 5.73. The van der Waals surface area contributed by atoms with Crippen molar-refractivity contribution in [2.24, 2.45) is 5.92 Å². The summed E-state index contributed by atoms with van der Waals surface area (Å²) in [6.07, 6.45) is 2.21. The molecule has 1 unspecified atom stereocenters. The van der Waals surface area contributed by atoms with Crippen molar-refractivity contribution in [3.63, 3.8) is 0 Å². The Hall–Kier alpha value is -1.60. The van der Waals surface area contributed by atoms with Crippen LogP contribution in [0.4, 0.5) is 10.8 Å². The van der Waals surface area contributed by atoms with Crippen LogP contribution in [0.25, 0.3) is 0 Å². The van der Waals surface area contributed by atoms with Gasteiger partial charge >= 0.3 is 0 Å². The highest BCUT2D eigenvalue weighted by molar-refractivity contribution is 8.02. The predicted molar refractivity (Wildman–Crippen MR) is 99.9 cm³/mol. The Morgan fingerprint density at radius 3 is 2.71 bits per heavy atom. The predicted octanol–water partition coefficient (Wildman–Crippen LogP) is 4.02. The molecular weight excluding hydrogens is 340 g/mol. The van der Waals surface area contributed by atoms with Crippen LogP contribution < -0.4 is 5.32 Å². The van der Waals surface area contributed by atoms with E-state index < -0.39 is 0 Å². The maximum atomic E-state index is 12.6. The van der Waals surface area contributed by atoms with Gasteiger partial charge in [-0.2, -0.15) is 0 Å². The van der Waals surface area contributed by atoms with Crippen LogP contribution in [0.5, 0.6) is 0 Å².